The molecule has 0 bridgehead atoms. The molecule has 21 heavy (non-hydrogen) atoms. The zero-order chi connectivity index (χ0) is 15.6. The van der Waals surface area contributed by atoms with Gasteiger partial charge in [0.15, 0.2) is 0 Å². The van der Waals surface area contributed by atoms with Crippen LogP contribution in [0.25, 0.3) is 0 Å². The van der Waals surface area contributed by atoms with Crippen molar-refractivity contribution < 1.29 is 4.39 Å². The maximum atomic E-state index is 13.1. The number of hydrogen-bond acceptors (Lipinski definition) is 3. The zero-order valence-electron chi connectivity index (χ0n) is 13.6. The summed E-state index contributed by atoms with van der Waals surface area (Å²) >= 11 is 0. The number of rotatable bonds is 3. The first-order valence-electron chi connectivity index (χ1n) is 7.79. The predicted molar refractivity (Wildman–Crippen MR) is 85.7 cm³/mol. The van der Waals surface area contributed by atoms with Crippen LogP contribution in [0, 0.1) is 5.82 Å². The lowest BCUT2D eigenvalue weighted by molar-refractivity contribution is 0.0369. The Bertz CT molecular complexity index is 442. The Labute approximate surface area is 127 Å². The van der Waals surface area contributed by atoms with Crippen LogP contribution < -0.4 is 5.73 Å². The molecule has 2 atom stereocenters. The third-order valence-corrected chi connectivity index (χ3v) is 4.37. The van der Waals surface area contributed by atoms with Gasteiger partial charge >= 0.3 is 0 Å². The molecule has 0 aromatic heterocycles. The summed E-state index contributed by atoms with van der Waals surface area (Å²) < 4.78 is 13.1. The lowest BCUT2D eigenvalue weighted by Gasteiger charge is -2.45. The highest BCUT2D eigenvalue weighted by Crippen LogP contribution is 2.26. The molecule has 118 valence electrons. The topological polar surface area (TPSA) is 32.5 Å². The van der Waals surface area contributed by atoms with E-state index in [-0.39, 0.29) is 23.4 Å². The molecule has 1 aliphatic rings. The van der Waals surface area contributed by atoms with Crippen LogP contribution in [0.5, 0.6) is 0 Å². The minimum absolute atomic E-state index is 0.0247. The lowest BCUT2D eigenvalue weighted by Crippen LogP contribution is -2.55. The summed E-state index contributed by atoms with van der Waals surface area (Å²) in [5, 5.41) is 0. The molecule has 1 aliphatic heterocycles. The fourth-order valence-electron chi connectivity index (χ4n) is 3.18. The van der Waals surface area contributed by atoms with Gasteiger partial charge in [-0.3, -0.25) is 9.80 Å². The van der Waals surface area contributed by atoms with Crippen LogP contribution in [0.2, 0.25) is 0 Å². The third kappa shape index (κ3) is 4.02. The van der Waals surface area contributed by atoms with E-state index in [0.29, 0.717) is 0 Å². The van der Waals surface area contributed by atoms with E-state index >= 15 is 0 Å². The Kier molecular flexibility index (Phi) is 5.02. The average Bonchev–Trinajstić information content (AvgIpc) is 2.40. The summed E-state index contributed by atoms with van der Waals surface area (Å²) in [6.45, 7) is 12.9. The predicted octanol–water partition coefficient (Wildman–Crippen LogP) is 2.63. The molecular weight excluding hydrogens is 265 g/mol. The molecule has 2 N–H and O–H groups in total. The van der Waals surface area contributed by atoms with Gasteiger partial charge in [0.2, 0.25) is 0 Å². The first-order valence-corrected chi connectivity index (χ1v) is 7.79. The van der Waals surface area contributed by atoms with Gasteiger partial charge in [-0.05, 0) is 45.4 Å². The first kappa shape index (κ1) is 16.4. The Hall–Kier alpha value is -0.970. The van der Waals surface area contributed by atoms with Crippen molar-refractivity contribution >= 4 is 0 Å². The first-order chi connectivity index (χ1) is 9.79. The van der Waals surface area contributed by atoms with Gasteiger partial charge in [0.1, 0.15) is 5.82 Å². The van der Waals surface area contributed by atoms with Crippen molar-refractivity contribution in [2.75, 3.05) is 26.2 Å². The van der Waals surface area contributed by atoms with Crippen molar-refractivity contribution in [1.82, 2.24) is 9.80 Å². The zero-order valence-corrected chi connectivity index (χ0v) is 13.6. The highest BCUT2D eigenvalue weighted by atomic mass is 19.1. The second-order valence-electron chi connectivity index (χ2n) is 7.05. The van der Waals surface area contributed by atoms with Crippen LogP contribution in [0.4, 0.5) is 4.39 Å². The Morgan fingerprint density at radius 2 is 1.57 bits per heavy atom. The fraction of sp³-hybridized carbons (Fsp3) is 0.647. The quantitative estimate of drug-likeness (QED) is 0.930. The summed E-state index contributed by atoms with van der Waals surface area (Å²) in [7, 11) is 0. The van der Waals surface area contributed by atoms with Crippen molar-refractivity contribution in [3.63, 3.8) is 0 Å². The standard InChI is InChI=1S/C17H28FN3/c1-13(19)16(14-5-7-15(18)8-6-14)20-9-11-21(12-10-20)17(2,3)4/h5-8,13,16H,9-12,19H2,1-4H3. The van der Waals surface area contributed by atoms with E-state index in [2.05, 4.69) is 30.6 Å². The summed E-state index contributed by atoms with van der Waals surface area (Å²) in [6.07, 6.45) is 0. The van der Waals surface area contributed by atoms with E-state index in [9.17, 15) is 4.39 Å². The molecule has 1 saturated heterocycles. The largest absolute Gasteiger partial charge is 0.326 e. The van der Waals surface area contributed by atoms with Gasteiger partial charge in [-0.25, -0.2) is 4.39 Å². The molecule has 0 amide bonds. The molecule has 0 radical (unpaired) electrons. The molecule has 1 fully saturated rings. The highest BCUT2D eigenvalue weighted by molar-refractivity contribution is 5.21. The van der Waals surface area contributed by atoms with E-state index in [0.717, 1.165) is 31.7 Å². The molecule has 1 aromatic rings. The monoisotopic (exact) mass is 293 g/mol. The summed E-state index contributed by atoms with van der Waals surface area (Å²) in [5.74, 6) is -0.195. The summed E-state index contributed by atoms with van der Waals surface area (Å²) in [6, 6.07) is 6.95. The molecule has 2 rings (SSSR count). The Morgan fingerprint density at radius 3 is 2.00 bits per heavy atom. The SMILES string of the molecule is CC(N)C(c1ccc(F)cc1)N1CCN(C(C)(C)C)CC1. The maximum Gasteiger partial charge on any atom is 0.123 e. The summed E-state index contributed by atoms with van der Waals surface area (Å²) in [5.41, 5.74) is 7.53. The third-order valence-electron chi connectivity index (χ3n) is 4.37. The van der Waals surface area contributed by atoms with Gasteiger partial charge in [-0.2, -0.15) is 0 Å². The average molecular weight is 293 g/mol. The van der Waals surface area contributed by atoms with Crippen LogP contribution >= 0.6 is 0 Å². The van der Waals surface area contributed by atoms with E-state index in [4.69, 9.17) is 5.73 Å². The molecule has 0 spiro atoms. The number of halogens is 1. The van der Waals surface area contributed by atoms with Gasteiger partial charge < -0.3 is 5.73 Å². The molecule has 1 aromatic carbocycles. The van der Waals surface area contributed by atoms with Gasteiger partial charge in [-0.15, -0.1) is 0 Å². The van der Waals surface area contributed by atoms with Crippen LogP contribution in [0.15, 0.2) is 24.3 Å². The van der Waals surface area contributed by atoms with E-state index < -0.39 is 0 Å². The van der Waals surface area contributed by atoms with Crippen molar-refractivity contribution in [1.29, 1.82) is 0 Å². The van der Waals surface area contributed by atoms with Gasteiger partial charge in [-0.1, -0.05) is 12.1 Å². The van der Waals surface area contributed by atoms with Crippen LogP contribution in [-0.4, -0.2) is 47.6 Å². The number of piperazine rings is 1. The minimum Gasteiger partial charge on any atom is -0.326 e. The smallest absolute Gasteiger partial charge is 0.123 e. The summed E-state index contributed by atoms with van der Waals surface area (Å²) in [4.78, 5) is 4.94. The highest BCUT2D eigenvalue weighted by Gasteiger charge is 2.31. The number of hydrogen-bond donors (Lipinski definition) is 1. The van der Waals surface area contributed by atoms with Crippen LogP contribution in [-0.2, 0) is 0 Å². The van der Waals surface area contributed by atoms with E-state index in [1.165, 1.54) is 12.1 Å². The maximum absolute atomic E-state index is 13.1. The van der Waals surface area contributed by atoms with Crippen LogP contribution in [0.3, 0.4) is 0 Å². The van der Waals surface area contributed by atoms with Crippen molar-refractivity contribution in [3.05, 3.63) is 35.6 Å². The fourth-order valence-corrected chi connectivity index (χ4v) is 3.18. The Balaban J connectivity index is 2.09. The molecule has 0 saturated carbocycles. The normalized spacial score (nSPS) is 21.2. The molecule has 2 unspecified atom stereocenters. The molecule has 3 nitrogen and oxygen atoms in total. The molecule has 0 aliphatic carbocycles. The number of nitrogens with two attached hydrogens (primary N) is 1. The minimum atomic E-state index is -0.195. The lowest BCUT2D eigenvalue weighted by atomic mass is 9.97. The number of nitrogens with zero attached hydrogens (tertiary/aromatic N) is 2. The van der Waals surface area contributed by atoms with Gasteiger partial charge in [0, 0.05) is 43.8 Å². The van der Waals surface area contributed by atoms with Crippen molar-refractivity contribution in [2.45, 2.75) is 45.3 Å². The van der Waals surface area contributed by atoms with Crippen molar-refractivity contribution in [2.24, 2.45) is 5.73 Å². The van der Waals surface area contributed by atoms with E-state index in [1.54, 1.807) is 0 Å². The van der Waals surface area contributed by atoms with Gasteiger partial charge in [0.25, 0.3) is 0 Å². The van der Waals surface area contributed by atoms with Gasteiger partial charge in [0.05, 0.1) is 0 Å². The molecular formula is C17H28FN3. The van der Waals surface area contributed by atoms with Crippen molar-refractivity contribution in [3.8, 4) is 0 Å². The second-order valence-corrected chi connectivity index (χ2v) is 7.05. The van der Waals surface area contributed by atoms with E-state index in [1.807, 2.05) is 19.1 Å². The Morgan fingerprint density at radius 1 is 1.05 bits per heavy atom. The van der Waals surface area contributed by atoms with Crippen LogP contribution in [0.1, 0.15) is 39.3 Å². The second kappa shape index (κ2) is 6.42. The molecule has 1 heterocycles. The number of benzene rings is 1. The molecule has 4 heteroatoms.